The van der Waals surface area contributed by atoms with E-state index in [9.17, 15) is 5.11 Å². The summed E-state index contributed by atoms with van der Waals surface area (Å²) in [5, 5.41) is 12.5. The summed E-state index contributed by atoms with van der Waals surface area (Å²) in [6, 6.07) is 8.56. The molecule has 2 N–H and O–H groups in total. The number of likely N-dealkylation sites (N-methyl/N-ethyl adjacent to an activating group) is 1. The van der Waals surface area contributed by atoms with Crippen LogP contribution >= 0.6 is 0 Å². The fraction of sp³-hybridized carbons (Fsp3) is 0.619. The minimum atomic E-state index is -0.649. The SMILES string of the molecule is CCC(O)(CC)C(Cc1c[nH]c2ccccc12)N(C)CCC(C)C. The van der Waals surface area contributed by atoms with Crippen molar-refractivity contribution >= 4 is 10.9 Å². The summed E-state index contributed by atoms with van der Waals surface area (Å²) in [7, 11) is 2.16. The van der Waals surface area contributed by atoms with Gasteiger partial charge < -0.3 is 15.0 Å². The summed E-state index contributed by atoms with van der Waals surface area (Å²) in [5.41, 5.74) is 1.82. The molecule has 0 bridgehead atoms. The third kappa shape index (κ3) is 4.20. The van der Waals surface area contributed by atoms with E-state index in [1.807, 2.05) is 0 Å². The Morgan fingerprint density at radius 2 is 1.83 bits per heavy atom. The first kappa shape index (κ1) is 19.0. The van der Waals surface area contributed by atoms with Crippen LogP contribution in [0.3, 0.4) is 0 Å². The lowest BCUT2D eigenvalue weighted by atomic mass is 9.83. The fourth-order valence-corrected chi connectivity index (χ4v) is 3.60. The first-order chi connectivity index (χ1) is 11.4. The van der Waals surface area contributed by atoms with Crippen molar-refractivity contribution in [2.75, 3.05) is 13.6 Å². The summed E-state index contributed by atoms with van der Waals surface area (Å²) in [4.78, 5) is 5.74. The standard InChI is InChI=1S/C21H34N2O/c1-6-21(24,7-2)20(23(5)13-12-16(3)4)14-17-15-22-19-11-9-8-10-18(17)19/h8-11,15-16,20,22,24H,6-7,12-14H2,1-5H3. The van der Waals surface area contributed by atoms with Crippen molar-refractivity contribution in [3.63, 3.8) is 0 Å². The van der Waals surface area contributed by atoms with Crippen molar-refractivity contribution in [1.82, 2.24) is 9.88 Å². The van der Waals surface area contributed by atoms with E-state index >= 15 is 0 Å². The van der Waals surface area contributed by atoms with Gasteiger partial charge in [0, 0.05) is 23.1 Å². The van der Waals surface area contributed by atoms with E-state index in [0.717, 1.165) is 32.2 Å². The Bertz CT molecular complexity index is 628. The molecule has 0 amide bonds. The maximum atomic E-state index is 11.2. The topological polar surface area (TPSA) is 39.3 Å². The predicted molar refractivity (Wildman–Crippen MR) is 103 cm³/mol. The number of benzene rings is 1. The summed E-state index contributed by atoms with van der Waals surface area (Å²) < 4.78 is 0. The minimum Gasteiger partial charge on any atom is -0.388 e. The van der Waals surface area contributed by atoms with Gasteiger partial charge in [-0.15, -0.1) is 0 Å². The molecule has 2 rings (SSSR count). The summed E-state index contributed by atoms with van der Waals surface area (Å²) in [6.45, 7) is 9.74. The molecular weight excluding hydrogens is 296 g/mol. The number of aliphatic hydroxyl groups is 1. The highest BCUT2D eigenvalue weighted by Crippen LogP contribution is 2.29. The third-order valence-electron chi connectivity index (χ3n) is 5.52. The number of rotatable bonds is 9. The lowest BCUT2D eigenvalue weighted by Crippen LogP contribution is -2.52. The minimum absolute atomic E-state index is 0.130. The molecular formula is C21H34N2O. The first-order valence-corrected chi connectivity index (χ1v) is 9.38. The molecule has 0 saturated carbocycles. The maximum Gasteiger partial charge on any atom is 0.0800 e. The van der Waals surface area contributed by atoms with Gasteiger partial charge in [0.1, 0.15) is 0 Å². The molecule has 0 saturated heterocycles. The number of nitrogens with zero attached hydrogens (tertiary/aromatic N) is 1. The highest BCUT2D eigenvalue weighted by Gasteiger charge is 2.36. The van der Waals surface area contributed by atoms with Crippen LogP contribution in [0.5, 0.6) is 0 Å². The van der Waals surface area contributed by atoms with Crippen LogP contribution in [0.2, 0.25) is 0 Å². The van der Waals surface area contributed by atoms with Crippen molar-refractivity contribution < 1.29 is 5.11 Å². The van der Waals surface area contributed by atoms with Crippen molar-refractivity contribution in [3.05, 3.63) is 36.0 Å². The molecule has 0 spiro atoms. The van der Waals surface area contributed by atoms with Gasteiger partial charge in [0.15, 0.2) is 0 Å². The third-order valence-corrected chi connectivity index (χ3v) is 5.52. The molecule has 1 unspecified atom stereocenters. The Morgan fingerprint density at radius 3 is 2.46 bits per heavy atom. The molecule has 3 nitrogen and oxygen atoms in total. The molecule has 134 valence electrons. The number of hydrogen-bond donors (Lipinski definition) is 2. The highest BCUT2D eigenvalue weighted by atomic mass is 16.3. The van der Waals surface area contributed by atoms with Gasteiger partial charge in [-0.3, -0.25) is 0 Å². The lowest BCUT2D eigenvalue weighted by molar-refractivity contribution is -0.0471. The zero-order valence-electron chi connectivity index (χ0n) is 16.0. The second kappa shape index (κ2) is 8.17. The van der Waals surface area contributed by atoms with Crippen LogP contribution in [0.1, 0.15) is 52.5 Å². The molecule has 0 aliphatic rings. The molecule has 24 heavy (non-hydrogen) atoms. The van der Waals surface area contributed by atoms with Gasteiger partial charge in [-0.25, -0.2) is 0 Å². The summed E-state index contributed by atoms with van der Waals surface area (Å²) >= 11 is 0. The number of aromatic amines is 1. The van der Waals surface area contributed by atoms with Crippen LogP contribution in [0.4, 0.5) is 0 Å². The van der Waals surface area contributed by atoms with Crippen LogP contribution < -0.4 is 0 Å². The van der Waals surface area contributed by atoms with Crippen LogP contribution in [-0.4, -0.2) is 40.2 Å². The van der Waals surface area contributed by atoms with E-state index in [1.165, 1.54) is 16.5 Å². The smallest absolute Gasteiger partial charge is 0.0800 e. The average molecular weight is 331 g/mol. The Hall–Kier alpha value is -1.32. The van der Waals surface area contributed by atoms with E-state index in [4.69, 9.17) is 0 Å². The van der Waals surface area contributed by atoms with Gasteiger partial charge >= 0.3 is 0 Å². The summed E-state index contributed by atoms with van der Waals surface area (Å²) in [5.74, 6) is 0.678. The summed E-state index contributed by atoms with van der Waals surface area (Å²) in [6.07, 6.45) is 5.70. The molecule has 0 aliphatic heterocycles. The average Bonchev–Trinajstić information content (AvgIpc) is 3.00. The predicted octanol–water partition coefficient (Wildman–Crippen LogP) is 4.61. The number of nitrogens with one attached hydrogen (secondary N) is 1. The normalized spacial score (nSPS) is 14.0. The van der Waals surface area contributed by atoms with Gasteiger partial charge in [0.25, 0.3) is 0 Å². The van der Waals surface area contributed by atoms with Gasteiger partial charge in [-0.05, 0) is 56.8 Å². The molecule has 0 aliphatic carbocycles. The zero-order valence-corrected chi connectivity index (χ0v) is 16.0. The molecule has 1 heterocycles. The Morgan fingerprint density at radius 1 is 1.17 bits per heavy atom. The monoisotopic (exact) mass is 330 g/mol. The van der Waals surface area contributed by atoms with E-state index in [1.54, 1.807) is 0 Å². The largest absolute Gasteiger partial charge is 0.388 e. The Labute approximate surface area is 147 Å². The second-order valence-electron chi connectivity index (χ2n) is 7.55. The first-order valence-electron chi connectivity index (χ1n) is 9.38. The van der Waals surface area contributed by atoms with Gasteiger partial charge in [-0.1, -0.05) is 45.9 Å². The molecule has 1 aromatic heterocycles. The van der Waals surface area contributed by atoms with Crippen LogP contribution in [-0.2, 0) is 6.42 Å². The molecule has 0 radical (unpaired) electrons. The number of para-hydroxylation sites is 1. The van der Waals surface area contributed by atoms with E-state index < -0.39 is 5.60 Å². The van der Waals surface area contributed by atoms with E-state index in [-0.39, 0.29) is 6.04 Å². The van der Waals surface area contributed by atoms with Crippen LogP contribution in [0.25, 0.3) is 10.9 Å². The van der Waals surface area contributed by atoms with E-state index in [0.29, 0.717) is 5.92 Å². The molecule has 1 atom stereocenters. The van der Waals surface area contributed by atoms with Crippen molar-refractivity contribution in [1.29, 1.82) is 0 Å². The van der Waals surface area contributed by atoms with Crippen LogP contribution in [0.15, 0.2) is 30.5 Å². The Balaban J connectivity index is 2.28. The fourth-order valence-electron chi connectivity index (χ4n) is 3.60. The lowest BCUT2D eigenvalue weighted by Gasteiger charge is -2.41. The molecule has 3 heteroatoms. The number of aromatic nitrogens is 1. The van der Waals surface area contributed by atoms with Crippen molar-refractivity contribution in [3.8, 4) is 0 Å². The second-order valence-corrected chi connectivity index (χ2v) is 7.55. The number of hydrogen-bond acceptors (Lipinski definition) is 2. The van der Waals surface area contributed by atoms with Gasteiger partial charge in [0.05, 0.1) is 5.60 Å². The van der Waals surface area contributed by atoms with Crippen molar-refractivity contribution in [2.24, 2.45) is 5.92 Å². The highest BCUT2D eigenvalue weighted by molar-refractivity contribution is 5.83. The quantitative estimate of drug-likeness (QED) is 0.705. The molecule has 1 aromatic carbocycles. The van der Waals surface area contributed by atoms with Gasteiger partial charge in [0.2, 0.25) is 0 Å². The zero-order chi connectivity index (χ0) is 17.7. The molecule has 0 fully saturated rings. The van der Waals surface area contributed by atoms with Crippen LogP contribution in [0, 0.1) is 5.92 Å². The number of H-pyrrole nitrogens is 1. The Kier molecular flexibility index (Phi) is 6.47. The maximum absolute atomic E-state index is 11.2. The van der Waals surface area contributed by atoms with Crippen molar-refractivity contribution in [2.45, 2.75) is 65.0 Å². The molecule has 2 aromatic rings. The van der Waals surface area contributed by atoms with Gasteiger partial charge in [-0.2, -0.15) is 0 Å². The van der Waals surface area contributed by atoms with E-state index in [2.05, 4.69) is 75.1 Å². The number of fused-ring (bicyclic) bond motifs is 1.